The normalized spacial score (nSPS) is 12.0. The maximum Gasteiger partial charge on any atom is 0.417 e. The smallest absolute Gasteiger partial charge is 0.291 e. The van der Waals surface area contributed by atoms with E-state index in [1.165, 1.54) is 6.07 Å². The Kier molecular flexibility index (Phi) is 4.19. The monoisotopic (exact) mass is 389 g/mol. The van der Waals surface area contributed by atoms with Gasteiger partial charge >= 0.3 is 6.18 Å². The zero-order valence-electron chi connectivity index (χ0n) is 13.9. The van der Waals surface area contributed by atoms with Gasteiger partial charge < -0.3 is 0 Å². The van der Waals surface area contributed by atoms with Gasteiger partial charge in [-0.1, -0.05) is 23.7 Å². The van der Waals surface area contributed by atoms with Gasteiger partial charge in [-0.15, -0.1) is 0 Å². The Hall–Kier alpha value is -2.80. The van der Waals surface area contributed by atoms with Gasteiger partial charge in [0.15, 0.2) is 5.82 Å². The highest BCUT2D eigenvalue weighted by molar-refractivity contribution is 6.32. The molecule has 0 aliphatic rings. The minimum absolute atomic E-state index is 0.186. The Bertz CT molecular complexity index is 1100. The van der Waals surface area contributed by atoms with Crippen molar-refractivity contribution < 1.29 is 13.2 Å². The van der Waals surface area contributed by atoms with Crippen molar-refractivity contribution in [1.82, 2.24) is 19.7 Å². The molecule has 0 bridgehead atoms. The first-order valence-electron chi connectivity index (χ1n) is 8.06. The van der Waals surface area contributed by atoms with E-state index in [0.717, 1.165) is 17.3 Å². The van der Waals surface area contributed by atoms with Gasteiger partial charge in [0.2, 0.25) is 0 Å². The van der Waals surface area contributed by atoms with E-state index in [2.05, 4.69) is 22.1 Å². The maximum absolute atomic E-state index is 13.2. The van der Waals surface area contributed by atoms with Gasteiger partial charge in [0.05, 0.1) is 21.6 Å². The average molecular weight is 390 g/mol. The van der Waals surface area contributed by atoms with Gasteiger partial charge in [0, 0.05) is 11.9 Å². The Labute approximate surface area is 157 Å². The summed E-state index contributed by atoms with van der Waals surface area (Å²) in [6.07, 6.45) is -2.30. The van der Waals surface area contributed by atoms with Crippen molar-refractivity contribution in [1.29, 1.82) is 0 Å². The number of benzene rings is 2. The van der Waals surface area contributed by atoms with E-state index in [1.54, 1.807) is 16.8 Å². The molecule has 2 heterocycles. The number of rotatable bonds is 3. The number of fused-ring (bicyclic) bond motifs is 1. The molecule has 0 atom stereocenters. The highest BCUT2D eigenvalue weighted by atomic mass is 35.5. The number of H-pyrrole nitrogens is 1. The number of nitrogens with one attached hydrogen (secondary N) is 1. The minimum atomic E-state index is -4.56. The first-order chi connectivity index (χ1) is 12.9. The van der Waals surface area contributed by atoms with Crippen molar-refractivity contribution in [2.24, 2.45) is 0 Å². The fraction of sp³-hybridized carbons (Fsp3) is 0.105. The third-order valence-electron chi connectivity index (χ3n) is 4.26. The van der Waals surface area contributed by atoms with Crippen molar-refractivity contribution >= 4 is 22.6 Å². The lowest BCUT2D eigenvalue weighted by atomic mass is 10.1. The van der Waals surface area contributed by atoms with E-state index in [9.17, 15) is 13.2 Å². The fourth-order valence-corrected chi connectivity index (χ4v) is 3.21. The molecule has 1 N–H and O–H groups in total. The Morgan fingerprint density at radius 3 is 2.44 bits per heavy atom. The van der Waals surface area contributed by atoms with Crippen LogP contribution in [0, 0.1) is 6.92 Å². The molecule has 2 aromatic carbocycles. The first kappa shape index (κ1) is 17.6. The Balaban J connectivity index is 2.02. The standard InChI is InChI=1S/C19H13ClF3N4/c1-2-11-3-5-12(6-4-11)27-17-10-14(20)13(19(21,22)23)9-16(17)25-18(27)15-7-8-24-26-15/h3-10H,1-2H2,(H,24,26). The maximum atomic E-state index is 13.2. The van der Waals surface area contributed by atoms with Crippen molar-refractivity contribution in [3.63, 3.8) is 0 Å². The van der Waals surface area contributed by atoms with Crippen molar-refractivity contribution in [3.05, 3.63) is 71.7 Å². The molecule has 8 heteroatoms. The summed E-state index contributed by atoms with van der Waals surface area (Å²) in [6.45, 7) is 3.84. The van der Waals surface area contributed by atoms with Crippen LogP contribution in [0.3, 0.4) is 0 Å². The van der Waals surface area contributed by atoms with E-state index in [1.807, 2.05) is 24.3 Å². The van der Waals surface area contributed by atoms with Crippen molar-refractivity contribution in [2.45, 2.75) is 12.6 Å². The summed E-state index contributed by atoms with van der Waals surface area (Å²) in [5, 5.41) is 6.44. The van der Waals surface area contributed by atoms with Gasteiger partial charge in [0.1, 0.15) is 5.69 Å². The van der Waals surface area contributed by atoms with Crippen LogP contribution in [0.2, 0.25) is 5.02 Å². The Morgan fingerprint density at radius 2 is 1.85 bits per heavy atom. The summed E-state index contributed by atoms with van der Waals surface area (Å²) in [5.41, 5.74) is 2.03. The van der Waals surface area contributed by atoms with Gasteiger partial charge in [-0.25, -0.2) is 4.98 Å². The lowest BCUT2D eigenvalue weighted by Gasteiger charge is -2.11. The SMILES string of the molecule is [CH2]Cc1ccc(-n2c(-c3cc[nH]n3)nc3cc(C(F)(F)F)c(Cl)cc32)cc1. The van der Waals surface area contributed by atoms with Crippen molar-refractivity contribution in [2.75, 3.05) is 0 Å². The second kappa shape index (κ2) is 6.42. The summed E-state index contributed by atoms with van der Waals surface area (Å²) in [6, 6.07) is 11.5. The molecule has 0 aliphatic carbocycles. The van der Waals surface area contributed by atoms with Crippen LogP contribution >= 0.6 is 11.6 Å². The molecule has 2 aromatic heterocycles. The van der Waals surface area contributed by atoms with E-state index < -0.39 is 11.7 Å². The fourth-order valence-electron chi connectivity index (χ4n) is 2.95. The Morgan fingerprint density at radius 1 is 1.11 bits per heavy atom. The molecule has 0 fully saturated rings. The molecular weight excluding hydrogens is 377 g/mol. The molecule has 4 nitrogen and oxygen atoms in total. The van der Waals surface area contributed by atoms with Crippen LogP contribution in [0.25, 0.3) is 28.2 Å². The third-order valence-corrected chi connectivity index (χ3v) is 4.57. The molecular formula is C19H13ClF3N4. The summed E-state index contributed by atoms with van der Waals surface area (Å²) in [7, 11) is 0. The molecule has 1 radical (unpaired) electrons. The highest BCUT2D eigenvalue weighted by Gasteiger charge is 2.34. The highest BCUT2D eigenvalue weighted by Crippen LogP contribution is 2.38. The number of hydrogen-bond donors (Lipinski definition) is 1. The van der Waals surface area contributed by atoms with E-state index >= 15 is 0 Å². The summed E-state index contributed by atoms with van der Waals surface area (Å²) in [5.74, 6) is 0.420. The van der Waals surface area contributed by atoms with Crippen LogP contribution in [-0.2, 0) is 12.6 Å². The zero-order chi connectivity index (χ0) is 19.2. The number of nitrogens with zero attached hydrogens (tertiary/aromatic N) is 3. The zero-order valence-corrected chi connectivity index (χ0v) is 14.6. The summed E-state index contributed by atoms with van der Waals surface area (Å²) in [4.78, 5) is 4.40. The number of imidazole rings is 1. The quantitative estimate of drug-likeness (QED) is 0.505. The molecule has 0 saturated heterocycles. The first-order valence-corrected chi connectivity index (χ1v) is 8.44. The van der Waals surface area contributed by atoms with Gasteiger partial charge in [0.25, 0.3) is 0 Å². The molecule has 0 unspecified atom stereocenters. The van der Waals surface area contributed by atoms with Crippen LogP contribution in [0.4, 0.5) is 13.2 Å². The predicted molar refractivity (Wildman–Crippen MR) is 97.7 cm³/mol. The average Bonchev–Trinajstić information content (AvgIpc) is 3.27. The van der Waals surface area contributed by atoms with Crippen LogP contribution in [0.5, 0.6) is 0 Å². The lowest BCUT2D eigenvalue weighted by molar-refractivity contribution is -0.137. The molecule has 0 saturated carbocycles. The number of alkyl halides is 3. The number of aromatic nitrogens is 4. The number of hydrogen-bond acceptors (Lipinski definition) is 2. The lowest BCUT2D eigenvalue weighted by Crippen LogP contribution is -2.06. The van der Waals surface area contributed by atoms with Crippen LogP contribution in [-0.4, -0.2) is 19.7 Å². The van der Waals surface area contributed by atoms with Gasteiger partial charge in [-0.3, -0.25) is 9.67 Å². The van der Waals surface area contributed by atoms with Crippen molar-refractivity contribution in [3.8, 4) is 17.2 Å². The molecule has 4 aromatic rings. The predicted octanol–water partition coefficient (Wildman–Crippen LogP) is 5.46. The van der Waals surface area contributed by atoms with E-state index in [-0.39, 0.29) is 10.5 Å². The van der Waals surface area contributed by atoms with Crippen LogP contribution in [0.15, 0.2) is 48.7 Å². The minimum Gasteiger partial charge on any atom is -0.291 e. The molecule has 137 valence electrons. The number of halogens is 4. The molecule has 0 spiro atoms. The summed E-state index contributed by atoms with van der Waals surface area (Å²) < 4.78 is 41.4. The molecule has 27 heavy (non-hydrogen) atoms. The largest absolute Gasteiger partial charge is 0.417 e. The second-order valence-electron chi connectivity index (χ2n) is 5.97. The van der Waals surface area contributed by atoms with E-state index in [4.69, 9.17) is 11.6 Å². The van der Waals surface area contributed by atoms with Gasteiger partial charge in [-0.2, -0.15) is 18.3 Å². The third kappa shape index (κ3) is 3.08. The molecule has 0 aliphatic heterocycles. The van der Waals surface area contributed by atoms with E-state index in [0.29, 0.717) is 23.5 Å². The van der Waals surface area contributed by atoms with Gasteiger partial charge in [-0.05, 0) is 49.2 Å². The number of aromatic amines is 1. The summed E-state index contributed by atoms with van der Waals surface area (Å²) >= 11 is 5.94. The van der Waals surface area contributed by atoms with Crippen LogP contribution in [0.1, 0.15) is 11.1 Å². The molecule has 0 amide bonds. The topological polar surface area (TPSA) is 46.5 Å². The molecule has 4 rings (SSSR count). The second-order valence-corrected chi connectivity index (χ2v) is 6.37. The van der Waals surface area contributed by atoms with Crippen LogP contribution < -0.4 is 0 Å².